The Hall–Kier alpha value is -4.26. The van der Waals surface area contributed by atoms with E-state index >= 15 is 0 Å². The molecule has 0 aliphatic heterocycles. The molecule has 2 amide bonds. The minimum absolute atomic E-state index is 0.0755. The Morgan fingerprint density at radius 2 is 1.82 bits per heavy atom. The highest BCUT2D eigenvalue weighted by molar-refractivity contribution is 6.31. The lowest BCUT2D eigenvalue weighted by Crippen LogP contribution is -2.20. The summed E-state index contributed by atoms with van der Waals surface area (Å²) in [5, 5.41) is 15.6. The van der Waals surface area contributed by atoms with E-state index in [4.69, 9.17) is 16.3 Å². The van der Waals surface area contributed by atoms with E-state index in [1.54, 1.807) is 25.2 Å². The Morgan fingerprint density at radius 1 is 1.06 bits per heavy atom. The number of urea groups is 1. The largest absolute Gasteiger partial charge is 0.439 e. The van der Waals surface area contributed by atoms with Crippen molar-refractivity contribution in [3.05, 3.63) is 65.4 Å². The lowest BCUT2D eigenvalue weighted by Gasteiger charge is -2.13. The number of tetrazole rings is 1. The van der Waals surface area contributed by atoms with Gasteiger partial charge in [-0.3, -0.25) is 0 Å². The fourth-order valence-corrected chi connectivity index (χ4v) is 3.06. The molecule has 0 spiro atoms. The maximum absolute atomic E-state index is 13.0. The Labute approximate surface area is 194 Å². The second-order valence-electron chi connectivity index (χ2n) is 6.77. The third kappa shape index (κ3) is 5.38. The first kappa shape index (κ1) is 22.9. The molecule has 0 bridgehead atoms. The highest BCUT2D eigenvalue weighted by atomic mass is 35.5. The van der Waals surface area contributed by atoms with Crippen LogP contribution in [-0.4, -0.2) is 36.2 Å². The summed E-state index contributed by atoms with van der Waals surface area (Å²) in [4.78, 5) is 20.4. The van der Waals surface area contributed by atoms with Gasteiger partial charge in [0.25, 0.3) is 0 Å². The number of nitrogens with one attached hydrogen (secondary N) is 2. The molecule has 2 heterocycles. The normalized spacial score (nSPS) is 11.2. The van der Waals surface area contributed by atoms with E-state index in [0.29, 0.717) is 23.0 Å². The second kappa shape index (κ2) is 9.31. The topological polar surface area (TPSA) is 120 Å². The number of carbonyl (C=O) groups excluding carboxylic acids is 1. The van der Waals surface area contributed by atoms with Crippen LogP contribution in [0.15, 0.2) is 54.9 Å². The standard InChI is InChI=1S/C20H14ClF3N8O2/c1-32-18(29-30-31-32)16-9-17(26-10-25-16)34-13-4-2-3-11(7-13)27-19(33)28-12-5-6-15(21)14(8-12)20(22,23)24/h2-10H,1H3,(H2,27,28,33). The molecule has 0 radical (unpaired) electrons. The minimum atomic E-state index is -4.65. The number of anilines is 2. The lowest BCUT2D eigenvalue weighted by molar-refractivity contribution is -0.137. The number of ether oxygens (including phenoxy) is 1. The second-order valence-corrected chi connectivity index (χ2v) is 7.18. The maximum Gasteiger partial charge on any atom is 0.417 e. The van der Waals surface area contributed by atoms with Crippen molar-refractivity contribution in [2.24, 2.45) is 7.05 Å². The number of carbonyl (C=O) groups is 1. The molecule has 0 unspecified atom stereocenters. The number of aryl methyl sites for hydroxylation is 1. The summed E-state index contributed by atoms with van der Waals surface area (Å²) < 4.78 is 46.2. The molecule has 10 nitrogen and oxygen atoms in total. The molecule has 14 heteroatoms. The Morgan fingerprint density at radius 3 is 2.53 bits per heavy atom. The fraction of sp³-hybridized carbons (Fsp3) is 0.100. The quantitative estimate of drug-likeness (QED) is 0.413. The van der Waals surface area contributed by atoms with E-state index in [-0.39, 0.29) is 11.6 Å². The first-order valence-electron chi connectivity index (χ1n) is 9.46. The summed E-state index contributed by atoms with van der Waals surface area (Å²) >= 11 is 5.60. The molecular weight excluding hydrogens is 477 g/mol. The predicted molar refractivity (Wildman–Crippen MR) is 115 cm³/mol. The maximum atomic E-state index is 13.0. The van der Waals surface area contributed by atoms with Gasteiger partial charge < -0.3 is 15.4 Å². The van der Waals surface area contributed by atoms with Crippen LogP contribution in [0.2, 0.25) is 5.02 Å². The van der Waals surface area contributed by atoms with E-state index in [1.165, 1.54) is 29.2 Å². The van der Waals surface area contributed by atoms with Gasteiger partial charge in [-0.15, -0.1) is 5.10 Å². The van der Waals surface area contributed by atoms with Crippen molar-refractivity contribution in [3.8, 4) is 23.1 Å². The van der Waals surface area contributed by atoms with Crippen LogP contribution < -0.4 is 15.4 Å². The summed E-state index contributed by atoms with van der Waals surface area (Å²) in [6, 6.07) is 10.2. The van der Waals surface area contributed by atoms with Crippen molar-refractivity contribution in [2.75, 3.05) is 10.6 Å². The molecule has 0 saturated heterocycles. The van der Waals surface area contributed by atoms with Gasteiger partial charge in [-0.05, 0) is 40.8 Å². The Bertz CT molecular complexity index is 1350. The van der Waals surface area contributed by atoms with E-state index in [0.717, 1.165) is 12.1 Å². The van der Waals surface area contributed by atoms with E-state index in [9.17, 15) is 18.0 Å². The Kier molecular flexibility index (Phi) is 6.27. The van der Waals surface area contributed by atoms with Crippen LogP contribution in [0.1, 0.15) is 5.56 Å². The van der Waals surface area contributed by atoms with Crippen molar-refractivity contribution < 1.29 is 22.7 Å². The van der Waals surface area contributed by atoms with Crippen LogP contribution in [0.3, 0.4) is 0 Å². The van der Waals surface area contributed by atoms with Gasteiger partial charge in [0.15, 0.2) is 0 Å². The van der Waals surface area contributed by atoms with Gasteiger partial charge in [0.05, 0.1) is 10.6 Å². The van der Waals surface area contributed by atoms with Crippen LogP contribution >= 0.6 is 11.6 Å². The average Bonchev–Trinajstić information content (AvgIpc) is 3.20. The summed E-state index contributed by atoms with van der Waals surface area (Å²) in [7, 11) is 1.66. The molecule has 2 aromatic carbocycles. The number of amides is 2. The van der Waals surface area contributed by atoms with E-state index in [2.05, 4.69) is 36.1 Å². The highest BCUT2D eigenvalue weighted by Gasteiger charge is 2.33. The zero-order valence-corrected chi connectivity index (χ0v) is 18.0. The minimum Gasteiger partial charge on any atom is -0.439 e. The number of alkyl halides is 3. The molecule has 34 heavy (non-hydrogen) atoms. The number of hydrogen-bond donors (Lipinski definition) is 2. The fourth-order valence-electron chi connectivity index (χ4n) is 2.84. The highest BCUT2D eigenvalue weighted by Crippen LogP contribution is 2.36. The molecule has 4 rings (SSSR count). The van der Waals surface area contributed by atoms with Crippen molar-refractivity contribution in [1.29, 1.82) is 0 Å². The summed E-state index contributed by atoms with van der Waals surface area (Å²) in [5.41, 5.74) is -0.365. The monoisotopic (exact) mass is 490 g/mol. The van der Waals surface area contributed by atoms with Crippen LogP contribution in [-0.2, 0) is 13.2 Å². The lowest BCUT2D eigenvalue weighted by atomic mass is 10.2. The van der Waals surface area contributed by atoms with Crippen LogP contribution in [0, 0.1) is 0 Å². The number of benzene rings is 2. The predicted octanol–water partition coefficient (Wildman–Crippen LogP) is 4.78. The van der Waals surface area contributed by atoms with Crippen molar-refractivity contribution in [1.82, 2.24) is 30.2 Å². The molecule has 2 N–H and O–H groups in total. The van der Waals surface area contributed by atoms with Gasteiger partial charge >= 0.3 is 12.2 Å². The molecule has 0 fully saturated rings. The number of rotatable bonds is 5. The van der Waals surface area contributed by atoms with Crippen molar-refractivity contribution in [3.63, 3.8) is 0 Å². The molecule has 0 aliphatic rings. The third-order valence-corrected chi connectivity index (χ3v) is 4.66. The molecule has 0 atom stereocenters. The molecule has 4 aromatic rings. The molecule has 2 aromatic heterocycles. The zero-order valence-electron chi connectivity index (χ0n) is 17.2. The van der Waals surface area contributed by atoms with E-state index < -0.39 is 22.8 Å². The molecular formula is C20H14ClF3N8O2. The van der Waals surface area contributed by atoms with Crippen molar-refractivity contribution >= 4 is 29.0 Å². The van der Waals surface area contributed by atoms with Crippen LogP contribution in [0.4, 0.5) is 29.3 Å². The van der Waals surface area contributed by atoms with Crippen molar-refractivity contribution in [2.45, 2.75) is 6.18 Å². The summed E-state index contributed by atoms with van der Waals surface area (Å²) in [5.74, 6) is 0.954. The van der Waals surface area contributed by atoms with Gasteiger partial charge in [-0.25, -0.2) is 19.4 Å². The molecule has 0 saturated carbocycles. The SMILES string of the molecule is Cn1nnnc1-c1cc(Oc2cccc(NC(=O)Nc3ccc(Cl)c(C(F)(F)F)c3)c2)ncn1. The first-order valence-corrected chi connectivity index (χ1v) is 9.84. The van der Waals surface area contributed by atoms with Gasteiger partial charge in [0.1, 0.15) is 17.8 Å². The number of nitrogens with zero attached hydrogens (tertiary/aromatic N) is 6. The average molecular weight is 491 g/mol. The van der Waals surface area contributed by atoms with Gasteiger partial charge in [-0.2, -0.15) is 13.2 Å². The Balaban J connectivity index is 1.44. The number of hydrogen-bond acceptors (Lipinski definition) is 7. The third-order valence-electron chi connectivity index (χ3n) is 4.34. The van der Waals surface area contributed by atoms with Gasteiger partial charge in [0, 0.05) is 30.6 Å². The number of aromatic nitrogens is 6. The molecule has 0 aliphatic carbocycles. The zero-order chi connectivity index (χ0) is 24.3. The summed E-state index contributed by atoms with van der Waals surface area (Å²) in [6.07, 6.45) is -3.36. The summed E-state index contributed by atoms with van der Waals surface area (Å²) in [6.45, 7) is 0. The molecule has 174 valence electrons. The van der Waals surface area contributed by atoms with Crippen LogP contribution in [0.25, 0.3) is 11.5 Å². The van der Waals surface area contributed by atoms with Gasteiger partial charge in [0.2, 0.25) is 11.7 Å². The smallest absolute Gasteiger partial charge is 0.417 e. The number of halogens is 4. The van der Waals surface area contributed by atoms with Crippen LogP contribution in [0.5, 0.6) is 11.6 Å². The van der Waals surface area contributed by atoms with E-state index in [1.807, 2.05) is 0 Å². The van der Waals surface area contributed by atoms with Gasteiger partial charge in [-0.1, -0.05) is 17.7 Å². The first-order chi connectivity index (χ1) is 16.2.